The number of methoxy groups -OCH3 is 1. The third kappa shape index (κ3) is 2.88. The van der Waals surface area contributed by atoms with Gasteiger partial charge in [-0.05, 0) is 13.3 Å². The Morgan fingerprint density at radius 2 is 2.22 bits per heavy atom. The maximum atomic E-state index is 11.7. The molecule has 1 aromatic heterocycles. The number of nitrogens with one attached hydrogen (secondary N) is 1. The predicted octanol–water partition coefficient (Wildman–Crippen LogP) is -0.434. The number of hydrogen-bond donors (Lipinski definition) is 1. The minimum atomic E-state index is -0.331. The van der Waals surface area contributed by atoms with Crippen LogP contribution in [0.1, 0.15) is 12.1 Å². The van der Waals surface area contributed by atoms with E-state index in [9.17, 15) is 9.59 Å². The Balaban J connectivity index is 1.99. The third-order valence-electron chi connectivity index (χ3n) is 3.36. The largest absolute Gasteiger partial charge is 0.380 e. The zero-order chi connectivity index (χ0) is 13.1. The molecule has 1 saturated heterocycles. The van der Waals surface area contributed by atoms with E-state index in [1.165, 1.54) is 10.6 Å². The normalized spacial score (nSPS) is 20.4. The van der Waals surface area contributed by atoms with Gasteiger partial charge in [0, 0.05) is 45.0 Å². The van der Waals surface area contributed by atoms with Crippen molar-refractivity contribution in [1.82, 2.24) is 14.5 Å². The second-order valence-corrected chi connectivity index (χ2v) is 4.69. The molecule has 0 aromatic carbocycles. The monoisotopic (exact) mass is 253 g/mol. The SMILES string of the molecule is CO[C@H]1CCN(CCn2c(=O)cc(C)[nH]c2=O)C1. The molecular weight excluding hydrogens is 234 g/mol. The van der Waals surface area contributed by atoms with E-state index < -0.39 is 0 Å². The van der Waals surface area contributed by atoms with Crippen LogP contribution in [0, 0.1) is 6.92 Å². The molecule has 1 atom stereocenters. The summed E-state index contributed by atoms with van der Waals surface area (Å²) in [6, 6.07) is 1.45. The fraction of sp³-hybridized carbons (Fsp3) is 0.667. The molecule has 0 unspecified atom stereocenters. The summed E-state index contributed by atoms with van der Waals surface area (Å²) in [4.78, 5) is 28.2. The van der Waals surface area contributed by atoms with Crippen molar-refractivity contribution in [3.63, 3.8) is 0 Å². The Labute approximate surface area is 105 Å². The van der Waals surface area contributed by atoms with Crippen molar-refractivity contribution >= 4 is 0 Å². The van der Waals surface area contributed by atoms with Crippen LogP contribution in [0.4, 0.5) is 0 Å². The molecule has 0 aliphatic carbocycles. The Morgan fingerprint density at radius 3 is 2.83 bits per heavy atom. The van der Waals surface area contributed by atoms with Crippen LogP contribution >= 0.6 is 0 Å². The highest BCUT2D eigenvalue weighted by atomic mass is 16.5. The number of aromatic amines is 1. The molecule has 0 saturated carbocycles. The number of H-pyrrole nitrogens is 1. The molecule has 1 aliphatic rings. The Bertz CT molecular complexity index is 489. The number of hydrogen-bond acceptors (Lipinski definition) is 4. The second kappa shape index (κ2) is 5.49. The average Bonchev–Trinajstić information content (AvgIpc) is 2.75. The lowest BCUT2D eigenvalue weighted by Gasteiger charge is -2.15. The van der Waals surface area contributed by atoms with Gasteiger partial charge in [-0.3, -0.25) is 14.3 Å². The third-order valence-corrected chi connectivity index (χ3v) is 3.36. The summed E-state index contributed by atoms with van der Waals surface area (Å²) < 4.78 is 6.52. The van der Waals surface area contributed by atoms with E-state index in [1.807, 2.05) is 0 Å². The van der Waals surface area contributed by atoms with Crippen LogP contribution in [0.3, 0.4) is 0 Å². The first kappa shape index (κ1) is 13.0. The van der Waals surface area contributed by atoms with E-state index in [4.69, 9.17) is 4.74 Å². The van der Waals surface area contributed by atoms with Crippen molar-refractivity contribution in [2.45, 2.75) is 26.0 Å². The van der Waals surface area contributed by atoms with Gasteiger partial charge in [-0.1, -0.05) is 0 Å². The lowest BCUT2D eigenvalue weighted by Crippen LogP contribution is -2.38. The van der Waals surface area contributed by atoms with Gasteiger partial charge in [-0.15, -0.1) is 0 Å². The maximum absolute atomic E-state index is 11.7. The van der Waals surface area contributed by atoms with Gasteiger partial charge >= 0.3 is 5.69 Å². The van der Waals surface area contributed by atoms with Gasteiger partial charge in [0.15, 0.2) is 0 Å². The van der Waals surface area contributed by atoms with E-state index in [0.29, 0.717) is 18.8 Å². The van der Waals surface area contributed by atoms with Crippen molar-refractivity contribution in [3.8, 4) is 0 Å². The zero-order valence-corrected chi connectivity index (χ0v) is 10.8. The van der Waals surface area contributed by atoms with Gasteiger partial charge in [0.1, 0.15) is 0 Å². The fourth-order valence-corrected chi connectivity index (χ4v) is 2.28. The Morgan fingerprint density at radius 1 is 1.44 bits per heavy atom. The van der Waals surface area contributed by atoms with E-state index in [-0.39, 0.29) is 17.4 Å². The van der Waals surface area contributed by atoms with Crippen molar-refractivity contribution < 1.29 is 4.74 Å². The van der Waals surface area contributed by atoms with Crippen LogP contribution in [0.2, 0.25) is 0 Å². The smallest absolute Gasteiger partial charge is 0.328 e. The molecule has 100 valence electrons. The second-order valence-electron chi connectivity index (χ2n) is 4.69. The topological polar surface area (TPSA) is 67.3 Å². The lowest BCUT2D eigenvalue weighted by molar-refractivity contribution is 0.107. The summed E-state index contributed by atoms with van der Waals surface area (Å²) in [6.07, 6.45) is 1.29. The summed E-state index contributed by atoms with van der Waals surface area (Å²) in [5.41, 5.74) is 0.0306. The van der Waals surface area contributed by atoms with Crippen LogP contribution in [-0.4, -0.2) is 47.3 Å². The Kier molecular flexibility index (Phi) is 3.98. The standard InChI is InChI=1S/C12H19N3O3/c1-9-7-11(16)15(12(17)13-9)6-5-14-4-3-10(8-14)18-2/h7,10H,3-6,8H2,1-2H3,(H,13,17)/t10-/m0/s1. The molecule has 0 bridgehead atoms. The molecule has 18 heavy (non-hydrogen) atoms. The minimum Gasteiger partial charge on any atom is -0.380 e. The molecule has 0 radical (unpaired) electrons. The van der Waals surface area contributed by atoms with Crippen LogP contribution < -0.4 is 11.2 Å². The van der Waals surface area contributed by atoms with Gasteiger partial charge in [-0.2, -0.15) is 0 Å². The Hall–Kier alpha value is -1.40. The van der Waals surface area contributed by atoms with Gasteiger partial charge in [0.25, 0.3) is 5.56 Å². The molecule has 6 nitrogen and oxygen atoms in total. The number of rotatable bonds is 4. The number of likely N-dealkylation sites (tertiary alicyclic amines) is 1. The van der Waals surface area contributed by atoms with E-state index >= 15 is 0 Å². The van der Waals surface area contributed by atoms with E-state index in [0.717, 1.165) is 19.5 Å². The van der Waals surface area contributed by atoms with Crippen molar-refractivity contribution in [3.05, 3.63) is 32.6 Å². The minimum absolute atomic E-state index is 0.237. The highest BCUT2D eigenvalue weighted by Crippen LogP contribution is 2.10. The molecule has 2 heterocycles. The van der Waals surface area contributed by atoms with Crippen LogP contribution in [-0.2, 0) is 11.3 Å². The summed E-state index contributed by atoms with van der Waals surface area (Å²) in [5.74, 6) is 0. The first-order valence-corrected chi connectivity index (χ1v) is 6.16. The summed E-state index contributed by atoms with van der Waals surface area (Å²) in [5, 5.41) is 0. The van der Waals surface area contributed by atoms with E-state index in [1.54, 1.807) is 14.0 Å². The van der Waals surface area contributed by atoms with Gasteiger partial charge < -0.3 is 9.72 Å². The van der Waals surface area contributed by atoms with Crippen LogP contribution in [0.5, 0.6) is 0 Å². The van der Waals surface area contributed by atoms with Gasteiger partial charge in [-0.25, -0.2) is 4.79 Å². The summed E-state index contributed by atoms with van der Waals surface area (Å²) in [7, 11) is 1.71. The molecule has 6 heteroatoms. The summed E-state index contributed by atoms with van der Waals surface area (Å²) >= 11 is 0. The molecule has 1 aliphatic heterocycles. The van der Waals surface area contributed by atoms with E-state index in [2.05, 4.69) is 9.88 Å². The number of nitrogens with zero attached hydrogens (tertiary/aromatic N) is 2. The summed E-state index contributed by atoms with van der Waals surface area (Å²) in [6.45, 7) is 4.65. The van der Waals surface area contributed by atoms with Crippen LogP contribution in [0.15, 0.2) is 15.7 Å². The van der Waals surface area contributed by atoms with Gasteiger partial charge in [0.2, 0.25) is 0 Å². The number of aryl methyl sites for hydroxylation is 1. The molecule has 1 aromatic rings. The van der Waals surface area contributed by atoms with Crippen molar-refractivity contribution in [2.24, 2.45) is 0 Å². The molecule has 1 fully saturated rings. The zero-order valence-electron chi connectivity index (χ0n) is 10.8. The first-order chi connectivity index (χ1) is 8.60. The highest BCUT2D eigenvalue weighted by molar-refractivity contribution is 4.96. The lowest BCUT2D eigenvalue weighted by atomic mass is 10.3. The first-order valence-electron chi connectivity index (χ1n) is 6.16. The molecule has 0 spiro atoms. The average molecular weight is 253 g/mol. The molecule has 1 N–H and O–H groups in total. The van der Waals surface area contributed by atoms with Crippen molar-refractivity contribution in [1.29, 1.82) is 0 Å². The molecule has 2 rings (SSSR count). The fourth-order valence-electron chi connectivity index (χ4n) is 2.28. The van der Waals surface area contributed by atoms with Gasteiger partial charge in [0.05, 0.1) is 6.10 Å². The van der Waals surface area contributed by atoms with Crippen LogP contribution in [0.25, 0.3) is 0 Å². The predicted molar refractivity (Wildman–Crippen MR) is 67.9 cm³/mol. The van der Waals surface area contributed by atoms with Crippen molar-refractivity contribution in [2.75, 3.05) is 26.7 Å². The highest BCUT2D eigenvalue weighted by Gasteiger charge is 2.21. The molecular formula is C12H19N3O3. The number of aromatic nitrogens is 2. The number of ether oxygens (including phenoxy) is 1. The molecule has 0 amide bonds. The quantitative estimate of drug-likeness (QED) is 0.790. The maximum Gasteiger partial charge on any atom is 0.328 e.